The molecule has 0 bridgehead atoms. The molecule has 92 valence electrons. The first-order chi connectivity index (χ1) is 8.13. The number of aromatic nitrogens is 2. The van der Waals surface area contributed by atoms with Gasteiger partial charge in [-0.15, -0.1) is 0 Å². The van der Waals surface area contributed by atoms with Crippen molar-refractivity contribution in [1.29, 1.82) is 0 Å². The lowest BCUT2D eigenvalue weighted by Gasteiger charge is -2.10. The minimum atomic E-state index is -0.834. The number of ether oxygens (including phenoxy) is 2. The minimum Gasteiger partial charge on any atom is -0.481 e. The van der Waals surface area contributed by atoms with Crippen molar-refractivity contribution in [2.24, 2.45) is 5.92 Å². The Labute approximate surface area is 99.0 Å². The normalized spacial score (nSPS) is 11.7. The zero-order chi connectivity index (χ0) is 12.8. The van der Waals surface area contributed by atoms with Crippen LogP contribution in [-0.4, -0.2) is 35.9 Å². The third-order valence-corrected chi connectivity index (χ3v) is 2.31. The highest BCUT2D eigenvalue weighted by Gasteiger charge is 2.27. The van der Waals surface area contributed by atoms with Gasteiger partial charge in [-0.25, -0.2) is 9.97 Å². The van der Waals surface area contributed by atoms with Crippen molar-refractivity contribution >= 4 is 11.8 Å². The van der Waals surface area contributed by atoms with E-state index < -0.39 is 11.9 Å². The average molecular weight is 238 g/mol. The lowest BCUT2D eigenvalue weighted by Crippen LogP contribution is -2.25. The van der Waals surface area contributed by atoms with Crippen LogP contribution in [0.25, 0.3) is 0 Å². The topological polar surface area (TPSA) is 78.4 Å². The Morgan fingerprint density at radius 3 is 2.59 bits per heavy atom. The van der Waals surface area contributed by atoms with Gasteiger partial charge in [0, 0.05) is 6.07 Å². The van der Waals surface area contributed by atoms with E-state index in [-0.39, 0.29) is 17.4 Å². The second-order valence-corrected chi connectivity index (χ2v) is 3.29. The molecular formula is C11H14N2O4. The van der Waals surface area contributed by atoms with Crippen molar-refractivity contribution in [3.63, 3.8) is 0 Å². The Hall–Kier alpha value is -1.98. The summed E-state index contributed by atoms with van der Waals surface area (Å²) in [4.78, 5) is 31.0. The second kappa shape index (κ2) is 5.93. The number of Topliss-reactive ketones (excluding diaryl/α,β-unsaturated/α-hetero) is 1. The first-order valence-electron chi connectivity index (χ1n) is 5.12. The summed E-state index contributed by atoms with van der Waals surface area (Å²) in [7, 11) is 2.69. The highest BCUT2D eigenvalue weighted by atomic mass is 16.5. The lowest BCUT2D eigenvalue weighted by molar-refractivity contribution is -0.143. The predicted molar refractivity (Wildman–Crippen MR) is 58.7 cm³/mol. The number of esters is 1. The molecule has 0 saturated carbocycles. The van der Waals surface area contributed by atoms with Gasteiger partial charge in [0.25, 0.3) is 0 Å². The Morgan fingerprint density at radius 1 is 1.35 bits per heavy atom. The molecule has 0 aliphatic rings. The summed E-state index contributed by atoms with van der Waals surface area (Å²) in [5, 5.41) is 0. The quantitative estimate of drug-likeness (QED) is 0.430. The highest BCUT2D eigenvalue weighted by Crippen LogP contribution is 2.14. The van der Waals surface area contributed by atoms with E-state index in [0.29, 0.717) is 6.42 Å². The first kappa shape index (κ1) is 13.1. The molecule has 0 aliphatic carbocycles. The number of ketones is 1. The Bertz CT molecular complexity index is 420. The molecule has 1 atom stereocenters. The molecule has 6 nitrogen and oxygen atoms in total. The third-order valence-electron chi connectivity index (χ3n) is 2.31. The molecule has 0 spiro atoms. The van der Waals surface area contributed by atoms with E-state index in [1.165, 1.54) is 26.6 Å². The predicted octanol–water partition coefficient (Wildman–Crippen LogP) is 0.867. The smallest absolute Gasteiger partial charge is 0.316 e. The third kappa shape index (κ3) is 2.99. The molecule has 6 heteroatoms. The van der Waals surface area contributed by atoms with Crippen molar-refractivity contribution in [1.82, 2.24) is 9.97 Å². The van der Waals surface area contributed by atoms with Gasteiger partial charge in [-0.3, -0.25) is 9.59 Å². The van der Waals surface area contributed by atoms with E-state index in [9.17, 15) is 9.59 Å². The SMILES string of the molecule is CCC(C(=O)OC)C(=O)c1cc(OC)ncn1. The second-order valence-electron chi connectivity index (χ2n) is 3.29. The molecule has 1 rings (SSSR count). The largest absolute Gasteiger partial charge is 0.481 e. The van der Waals surface area contributed by atoms with E-state index in [0.717, 1.165) is 0 Å². The fraction of sp³-hybridized carbons (Fsp3) is 0.455. The van der Waals surface area contributed by atoms with Crippen LogP contribution in [0.3, 0.4) is 0 Å². The van der Waals surface area contributed by atoms with Gasteiger partial charge in [0.15, 0.2) is 5.78 Å². The molecular weight excluding hydrogens is 224 g/mol. The van der Waals surface area contributed by atoms with Gasteiger partial charge in [-0.2, -0.15) is 0 Å². The number of hydrogen-bond donors (Lipinski definition) is 0. The number of hydrogen-bond acceptors (Lipinski definition) is 6. The molecule has 1 unspecified atom stereocenters. The van der Waals surface area contributed by atoms with Crippen LogP contribution in [0.15, 0.2) is 12.4 Å². The Morgan fingerprint density at radius 2 is 2.06 bits per heavy atom. The highest BCUT2D eigenvalue weighted by molar-refractivity contribution is 6.07. The van der Waals surface area contributed by atoms with E-state index in [1.807, 2.05) is 0 Å². The molecule has 0 aromatic carbocycles. The van der Waals surface area contributed by atoms with Gasteiger partial charge in [-0.1, -0.05) is 6.92 Å². The molecule has 17 heavy (non-hydrogen) atoms. The maximum Gasteiger partial charge on any atom is 0.316 e. The van der Waals surface area contributed by atoms with Gasteiger partial charge in [0.2, 0.25) is 5.88 Å². The lowest BCUT2D eigenvalue weighted by atomic mass is 9.99. The first-order valence-corrected chi connectivity index (χ1v) is 5.12. The molecule has 0 radical (unpaired) electrons. The molecule has 0 fully saturated rings. The molecule has 0 amide bonds. The van der Waals surface area contributed by atoms with Crippen LogP contribution >= 0.6 is 0 Å². The molecule has 0 aliphatic heterocycles. The summed E-state index contributed by atoms with van der Waals surface area (Å²) in [5.74, 6) is -1.50. The van der Waals surface area contributed by atoms with Crippen LogP contribution in [0.1, 0.15) is 23.8 Å². The van der Waals surface area contributed by atoms with Crippen LogP contribution < -0.4 is 4.74 Å². The van der Waals surface area contributed by atoms with Crippen molar-refractivity contribution in [2.45, 2.75) is 13.3 Å². The summed E-state index contributed by atoms with van der Waals surface area (Å²) in [6.07, 6.45) is 1.58. The van der Waals surface area contributed by atoms with Crippen LogP contribution in [-0.2, 0) is 9.53 Å². The molecule has 1 aromatic heterocycles. The summed E-state index contributed by atoms with van der Waals surface area (Å²) < 4.78 is 9.45. The number of nitrogens with zero attached hydrogens (tertiary/aromatic N) is 2. The monoisotopic (exact) mass is 238 g/mol. The van der Waals surface area contributed by atoms with E-state index in [2.05, 4.69) is 14.7 Å². The van der Waals surface area contributed by atoms with Crippen LogP contribution in [0.2, 0.25) is 0 Å². The Kier molecular flexibility index (Phi) is 4.56. The molecule has 0 saturated heterocycles. The molecule has 1 aromatic rings. The van der Waals surface area contributed by atoms with Gasteiger partial charge >= 0.3 is 5.97 Å². The van der Waals surface area contributed by atoms with E-state index in [1.54, 1.807) is 6.92 Å². The van der Waals surface area contributed by atoms with Gasteiger partial charge < -0.3 is 9.47 Å². The summed E-state index contributed by atoms with van der Waals surface area (Å²) >= 11 is 0. The number of carbonyl (C=O) groups is 2. The van der Waals surface area contributed by atoms with Crippen molar-refractivity contribution < 1.29 is 19.1 Å². The minimum absolute atomic E-state index is 0.147. The zero-order valence-corrected chi connectivity index (χ0v) is 9.97. The number of rotatable bonds is 5. The summed E-state index contributed by atoms with van der Waals surface area (Å²) in [6.45, 7) is 1.73. The van der Waals surface area contributed by atoms with Crippen LogP contribution in [0, 0.1) is 5.92 Å². The van der Waals surface area contributed by atoms with Crippen LogP contribution in [0.4, 0.5) is 0 Å². The fourth-order valence-electron chi connectivity index (χ4n) is 1.37. The number of carbonyl (C=O) groups excluding carboxylic acids is 2. The summed E-state index contributed by atoms with van der Waals surface area (Å²) in [6, 6.07) is 1.40. The van der Waals surface area contributed by atoms with E-state index in [4.69, 9.17) is 4.74 Å². The maximum atomic E-state index is 12.0. The fourth-order valence-corrected chi connectivity index (χ4v) is 1.37. The maximum absolute atomic E-state index is 12.0. The molecule has 0 N–H and O–H groups in total. The van der Waals surface area contributed by atoms with Gasteiger partial charge in [0.1, 0.15) is 17.9 Å². The number of methoxy groups -OCH3 is 2. The van der Waals surface area contributed by atoms with Crippen molar-refractivity contribution in [3.05, 3.63) is 18.1 Å². The van der Waals surface area contributed by atoms with Crippen molar-refractivity contribution in [3.8, 4) is 5.88 Å². The standard InChI is InChI=1S/C11H14N2O4/c1-4-7(11(15)17-3)10(14)8-5-9(16-2)13-6-12-8/h5-7H,4H2,1-3H3. The van der Waals surface area contributed by atoms with Gasteiger partial charge in [-0.05, 0) is 6.42 Å². The van der Waals surface area contributed by atoms with Crippen molar-refractivity contribution in [2.75, 3.05) is 14.2 Å². The zero-order valence-electron chi connectivity index (χ0n) is 9.97. The van der Waals surface area contributed by atoms with E-state index >= 15 is 0 Å². The van der Waals surface area contributed by atoms with Crippen LogP contribution in [0.5, 0.6) is 5.88 Å². The average Bonchev–Trinajstić information content (AvgIpc) is 2.39. The molecule has 1 heterocycles. The Balaban J connectivity index is 2.97. The summed E-state index contributed by atoms with van der Waals surface area (Å²) in [5.41, 5.74) is 0.147. The van der Waals surface area contributed by atoms with Gasteiger partial charge in [0.05, 0.1) is 14.2 Å².